The van der Waals surface area contributed by atoms with Crippen molar-refractivity contribution in [2.45, 2.75) is 30.8 Å². The topological polar surface area (TPSA) is 84.3 Å². The number of nitro groups is 1. The molecule has 3 atom stereocenters. The van der Waals surface area contributed by atoms with Gasteiger partial charge in [-0.15, -0.1) is 11.8 Å². The second kappa shape index (κ2) is 5.51. The number of halogens is 1. The van der Waals surface area contributed by atoms with Crippen LogP contribution in [-0.4, -0.2) is 16.2 Å². The van der Waals surface area contributed by atoms with Crippen molar-refractivity contribution in [3.8, 4) is 0 Å². The van der Waals surface area contributed by atoms with Crippen LogP contribution in [-0.2, 0) is 4.79 Å². The van der Waals surface area contributed by atoms with Gasteiger partial charge in [0.2, 0.25) is 5.91 Å². The second-order valence-electron chi connectivity index (χ2n) is 5.89. The van der Waals surface area contributed by atoms with Crippen LogP contribution in [0.15, 0.2) is 28.7 Å². The van der Waals surface area contributed by atoms with E-state index in [1.165, 1.54) is 22.6 Å². The number of rotatable bonds is 2. The van der Waals surface area contributed by atoms with Crippen LogP contribution in [0.5, 0.6) is 0 Å². The quantitative estimate of drug-likeness (QED) is 0.631. The molecule has 120 valence electrons. The summed E-state index contributed by atoms with van der Waals surface area (Å²) in [4.78, 5) is 24.4. The lowest BCUT2D eigenvalue weighted by Crippen LogP contribution is -2.54. The van der Waals surface area contributed by atoms with Crippen molar-refractivity contribution in [1.82, 2.24) is 10.6 Å². The number of hydrogen-bond acceptors (Lipinski definition) is 5. The monoisotopic (exact) mass is 351 g/mol. The number of nitro benzene ring substituents is 1. The Hall–Kier alpha value is -1.57. The smallest absolute Gasteiger partial charge is 0.288 e. The number of hydrogen-bond donors (Lipinski definition) is 2. The van der Waals surface area contributed by atoms with Gasteiger partial charge in [-0.2, -0.15) is 0 Å². The van der Waals surface area contributed by atoms with E-state index >= 15 is 0 Å². The van der Waals surface area contributed by atoms with Gasteiger partial charge in [-0.1, -0.05) is 17.7 Å². The first-order valence-electron chi connectivity index (χ1n) is 7.43. The SMILES string of the molecule is O=C1NC(c2ccc(Cl)c([N+](=O)[O-])c2)NC2SC3=C(CCC3)C12. The highest BCUT2D eigenvalue weighted by molar-refractivity contribution is 8.04. The van der Waals surface area contributed by atoms with Gasteiger partial charge in [0.05, 0.1) is 16.2 Å². The molecular formula is C15H14ClN3O3S. The number of carbonyl (C=O) groups is 1. The molecule has 3 unspecified atom stereocenters. The zero-order valence-electron chi connectivity index (χ0n) is 12.0. The molecule has 1 aromatic rings. The number of fused-ring (bicyclic) bond motifs is 2. The molecule has 1 fully saturated rings. The summed E-state index contributed by atoms with van der Waals surface area (Å²) in [5.41, 5.74) is 1.76. The fraction of sp³-hybridized carbons (Fsp3) is 0.400. The summed E-state index contributed by atoms with van der Waals surface area (Å²) in [7, 11) is 0. The van der Waals surface area contributed by atoms with Crippen molar-refractivity contribution in [1.29, 1.82) is 0 Å². The zero-order chi connectivity index (χ0) is 16.1. The Kier molecular flexibility index (Phi) is 3.59. The van der Waals surface area contributed by atoms with E-state index in [1.807, 2.05) is 0 Å². The first-order valence-corrected chi connectivity index (χ1v) is 8.69. The van der Waals surface area contributed by atoms with E-state index in [2.05, 4.69) is 10.6 Å². The molecule has 0 spiro atoms. The lowest BCUT2D eigenvalue weighted by molar-refractivity contribution is -0.384. The van der Waals surface area contributed by atoms with Crippen LogP contribution >= 0.6 is 23.4 Å². The van der Waals surface area contributed by atoms with E-state index in [-0.39, 0.29) is 27.9 Å². The molecule has 0 saturated carbocycles. The van der Waals surface area contributed by atoms with Gasteiger partial charge in [0, 0.05) is 6.07 Å². The molecule has 0 radical (unpaired) electrons. The molecule has 23 heavy (non-hydrogen) atoms. The van der Waals surface area contributed by atoms with Crippen molar-refractivity contribution < 1.29 is 9.72 Å². The number of nitrogens with one attached hydrogen (secondary N) is 2. The van der Waals surface area contributed by atoms with Crippen LogP contribution in [0, 0.1) is 16.0 Å². The molecular weight excluding hydrogens is 338 g/mol. The standard InChI is InChI=1S/C15H14ClN3O3S/c16-9-5-4-7(6-10(9)19(21)22)13-17-14(20)12-8-2-1-3-11(8)23-15(12)18-13/h4-6,12-13,15,18H,1-3H2,(H,17,20). The molecule has 0 bridgehead atoms. The van der Waals surface area contributed by atoms with Crippen molar-refractivity contribution in [2.75, 3.05) is 0 Å². The summed E-state index contributed by atoms with van der Waals surface area (Å²) in [6.45, 7) is 0. The van der Waals surface area contributed by atoms with Crippen LogP contribution in [0.4, 0.5) is 5.69 Å². The predicted octanol–water partition coefficient (Wildman–Crippen LogP) is 3.09. The van der Waals surface area contributed by atoms with E-state index in [0.717, 1.165) is 19.3 Å². The maximum absolute atomic E-state index is 12.5. The van der Waals surface area contributed by atoms with Crippen LogP contribution in [0.25, 0.3) is 0 Å². The largest absolute Gasteiger partial charge is 0.336 e. The number of carbonyl (C=O) groups excluding carboxylic acids is 1. The molecule has 2 N–H and O–H groups in total. The van der Waals surface area contributed by atoms with Gasteiger partial charge in [-0.05, 0) is 41.4 Å². The molecule has 1 amide bonds. The molecule has 3 aliphatic rings. The minimum Gasteiger partial charge on any atom is -0.336 e. The Bertz CT molecular complexity index is 751. The highest BCUT2D eigenvalue weighted by Gasteiger charge is 2.46. The Labute approximate surface area is 141 Å². The van der Waals surface area contributed by atoms with E-state index in [4.69, 9.17) is 11.6 Å². The Morgan fingerprint density at radius 3 is 2.96 bits per heavy atom. The fourth-order valence-electron chi connectivity index (χ4n) is 3.50. The van der Waals surface area contributed by atoms with Gasteiger partial charge in [0.15, 0.2) is 0 Å². The van der Waals surface area contributed by atoms with Crippen LogP contribution < -0.4 is 10.6 Å². The average Bonchev–Trinajstić information content (AvgIpc) is 3.07. The predicted molar refractivity (Wildman–Crippen MR) is 87.9 cm³/mol. The third-order valence-electron chi connectivity index (χ3n) is 4.56. The van der Waals surface area contributed by atoms with Crippen molar-refractivity contribution in [3.05, 3.63) is 49.4 Å². The van der Waals surface area contributed by atoms with E-state index in [9.17, 15) is 14.9 Å². The molecule has 6 nitrogen and oxygen atoms in total. The number of thioether (sulfide) groups is 1. The minimum absolute atomic E-state index is 0.00393. The molecule has 4 rings (SSSR count). The number of amides is 1. The molecule has 1 aromatic carbocycles. The molecule has 0 aromatic heterocycles. The Balaban J connectivity index is 1.60. The first kappa shape index (κ1) is 15.0. The number of benzene rings is 1. The highest BCUT2D eigenvalue weighted by atomic mass is 35.5. The van der Waals surface area contributed by atoms with Gasteiger partial charge in [0.1, 0.15) is 11.2 Å². The zero-order valence-corrected chi connectivity index (χ0v) is 13.6. The molecule has 1 aliphatic carbocycles. The maximum atomic E-state index is 12.5. The summed E-state index contributed by atoms with van der Waals surface area (Å²) in [5, 5.41) is 17.5. The lowest BCUT2D eigenvalue weighted by atomic mass is 9.94. The molecule has 2 heterocycles. The summed E-state index contributed by atoms with van der Waals surface area (Å²) >= 11 is 7.58. The van der Waals surface area contributed by atoms with E-state index in [0.29, 0.717) is 5.56 Å². The van der Waals surface area contributed by atoms with Crippen LogP contribution in [0.3, 0.4) is 0 Å². The van der Waals surface area contributed by atoms with Gasteiger partial charge >= 0.3 is 0 Å². The minimum atomic E-state index is -0.514. The fourth-order valence-corrected chi connectivity index (χ4v) is 5.26. The molecule has 8 heteroatoms. The van der Waals surface area contributed by atoms with Crippen molar-refractivity contribution in [2.24, 2.45) is 5.92 Å². The lowest BCUT2D eigenvalue weighted by Gasteiger charge is -2.34. The normalized spacial score (nSPS) is 29.3. The second-order valence-corrected chi connectivity index (χ2v) is 7.54. The molecule has 1 saturated heterocycles. The van der Waals surface area contributed by atoms with Gasteiger partial charge < -0.3 is 5.32 Å². The number of allylic oxidation sites excluding steroid dienone is 1. The van der Waals surface area contributed by atoms with Crippen molar-refractivity contribution in [3.63, 3.8) is 0 Å². The van der Waals surface area contributed by atoms with Crippen LogP contribution in [0.1, 0.15) is 31.0 Å². The van der Waals surface area contributed by atoms with Crippen molar-refractivity contribution >= 4 is 35.0 Å². The highest BCUT2D eigenvalue weighted by Crippen LogP contribution is 2.51. The summed E-state index contributed by atoms with van der Waals surface area (Å²) in [6, 6.07) is 4.62. The van der Waals surface area contributed by atoms with E-state index < -0.39 is 11.1 Å². The first-order chi connectivity index (χ1) is 11.0. The van der Waals surface area contributed by atoms with E-state index in [1.54, 1.807) is 17.8 Å². The average molecular weight is 352 g/mol. The summed E-state index contributed by atoms with van der Waals surface area (Å²) < 4.78 is 0. The van der Waals surface area contributed by atoms with Gasteiger partial charge in [-0.3, -0.25) is 20.2 Å². The maximum Gasteiger partial charge on any atom is 0.288 e. The van der Waals surface area contributed by atoms with Crippen LogP contribution in [0.2, 0.25) is 5.02 Å². The molecule has 2 aliphatic heterocycles. The Morgan fingerprint density at radius 2 is 2.17 bits per heavy atom. The van der Waals surface area contributed by atoms with Gasteiger partial charge in [0.25, 0.3) is 5.69 Å². The number of nitrogens with zero attached hydrogens (tertiary/aromatic N) is 1. The summed E-state index contributed by atoms with van der Waals surface area (Å²) in [6.07, 6.45) is 2.74. The van der Waals surface area contributed by atoms with Gasteiger partial charge in [-0.25, -0.2) is 0 Å². The third kappa shape index (κ3) is 2.43. The third-order valence-corrected chi connectivity index (χ3v) is 6.29. The summed E-state index contributed by atoms with van der Waals surface area (Å²) in [5.74, 6) is -0.119. The Morgan fingerprint density at radius 1 is 1.35 bits per heavy atom.